The Morgan fingerprint density at radius 3 is 2.89 bits per heavy atom. The topological polar surface area (TPSA) is 37.0 Å². The summed E-state index contributed by atoms with van der Waals surface area (Å²) in [6.45, 7) is 5.33. The van der Waals surface area contributed by atoms with Gasteiger partial charge < -0.3 is 24.6 Å². The standard InChI is InChI=1S/C14H25N3O2/c1-5-16(2)9-10-17(3)12-8-6-7-11-13(12)19-14(15-11)18-4/h7,14-15H,5-6,8-10H2,1-4H3. The van der Waals surface area contributed by atoms with Gasteiger partial charge in [0.05, 0.1) is 11.4 Å². The van der Waals surface area contributed by atoms with Crippen LogP contribution in [0.3, 0.4) is 0 Å². The number of likely N-dealkylation sites (N-methyl/N-ethyl adjacent to an activating group) is 2. The zero-order chi connectivity index (χ0) is 13.8. The van der Waals surface area contributed by atoms with Crippen molar-refractivity contribution in [3.8, 4) is 0 Å². The number of nitrogens with one attached hydrogen (secondary N) is 1. The lowest BCUT2D eigenvalue weighted by Crippen LogP contribution is -2.31. The highest BCUT2D eigenvalue weighted by atomic mass is 16.7. The van der Waals surface area contributed by atoms with Crippen molar-refractivity contribution >= 4 is 0 Å². The average molecular weight is 267 g/mol. The second-order valence-corrected chi connectivity index (χ2v) is 5.08. The molecular weight excluding hydrogens is 242 g/mol. The third-order valence-electron chi connectivity index (χ3n) is 3.77. The molecule has 0 amide bonds. The molecule has 1 heterocycles. The van der Waals surface area contributed by atoms with Crippen molar-refractivity contribution in [2.24, 2.45) is 0 Å². The van der Waals surface area contributed by atoms with Crippen molar-refractivity contribution in [1.82, 2.24) is 15.1 Å². The van der Waals surface area contributed by atoms with Crippen LogP contribution in [0.5, 0.6) is 0 Å². The molecule has 0 aromatic heterocycles. The Labute approximate surface area is 115 Å². The van der Waals surface area contributed by atoms with Crippen LogP contribution in [0.4, 0.5) is 0 Å². The highest BCUT2D eigenvalue weighted by Crippen LogP contribution is 2.31. The highest BCUT2D eigenvalue weighted by Gasteiger charge is 2.30. The van der Waals surface area contributed by atoms with Gasteiger partial charge in [0.25, 0.3) is 6.41 Å². The summed E-state index contributed by atoms with van der Waals surface area (Å²) in [6, 6.07) is 0. The van der Waals surface area contributed by atoms with E-state index >= 15 is 0 Å². The van der Waals surface area contributed by atoms with Gasteiger partial charge in [0.2, 0.25) is 0 Å². The van der Waals surface area contributed by atoms with Crippen LogP contribution < -0.4 is 5.32 Å². The van der Waals surface area contributed by atoms with Gasteiger partial charge in [0.1, 0.15) is 0 Å². The molecule has 1 N–H and O–H groups in total. The molecule has 5 nitrogen and oxygen atoms in total. The summed E-state index contributed by atoms with van der Waals surface area (Å²) in [5.74, 6) is 0.958. The number of nitrogens with zero attached hydrogens (tertiary/aromatic N) is 2. The van der Waals surface area contributed by atoms with Crippen LogP contribution in [0.15, 0.2) is 23.2 Å². The molecule has 1 fully saturated rings. The fourth-order valence-corrected chi connectivity index (χ4v) is 2.32. The number of hydrogen-bond acceptors (Lipinski definition) is 5. The molecule has 1 atom stereocenters. The van der Waals surface area contributed by atoms with Crippen molar-refractivity contribution in [2.75, 3.05) is 40.8 Å². The molecule has 1 aliphatic carbocycles. The first-order valence-corrected chi connectivity index (χ1v) is 6.95. The van der Waals surface area contributed by atoms with Crippen LogP contribution in [0.2, 0.25) is 0 Å². The molecule has 2 rings (SSSR count). The van der Waals surface area contributed by atoms with Crippen LogP contribution in [-0.2, 0) is 9.47 Å². The van der Waals surface area contributed by atoms with Gasteiger partial charge in [-0.25, -0.2) is 0 Å². The molecule has 1 saturated heterocycles. The molecule has 0 aromatic carbocycles. The average Bonchev–Trinajstić information content (AvgIpc) is 2.87. The summed E-state index contributed by atoms with van der Waals surface area (Å²) in [5, 5.41) is 3.23. The lowest BCUT2D eigenvalue weighted by atomic mass is 10.1. The Morgan fingerprint density at radius 1 is 1.42 bits per heavy atom. The number of rotatable bonds is 6. The summed E-state index contributed by atoms with van der Waals surface area (Å²) < 4.78 is 11.0. The first kappa shape index (κ1) is 14.2. The maximum absolute atomic E-state index is 5.80. The van der Waals surface area contributed by atoms with Gasteiger partial charge in [-0.15, -0.1) is 0 Å². The number of allylic oxidation sites excluding steroid dienone is 2. The van der Waals surface area contributed by atoms with E-state index in [4.69, 9.17) is 9.47 Å². The summed E-state index contributed by atoms with van der Waals surface area (Å²) in [6.07, 6.45) is 3.92. The number of methoxy groups -OCH3 is 1. The Hall–Kier alpha value is -1.20. The molecule has 5 heteroatoms. The maximum Gasteiger partial charge on any atom is 0.281 e. The van der Waals surface area contributed by atoms with Gasteiger partial charge in [0.15, 0.2) is 5.76 Å². The molecule has 0 saturated carbocycles. The van der Waals surface area contributed by atoms with Crippen LogP contribution in [0, 0.1) is 0 Å². The third kappa shape index (κ3) is 3.22. The summed E-state index contributed by atoms with van der Waals surface area (Å²) >= 11 is 0. The van der Waals surface area contributed by atoms with Crippen molar-refractivity contribution in [1.29, 1.82) is 0 Å². The van der Waals surface area contributed by atoms with E-state index in [2.05, 4.69) is 42.2 Å². The maximum atomic E-state index is 5.80. The van der Waals surface area contributed by atoms with Crippen molar-refractivity contribution in [3.63, 3.8) is 0 Å². The summed E-state index contributed by atoms with van der Waals surface area (Å²) in [5.41, 5.74) is 2.35. The van der Waals surface area contributed by atoms with Crippen LogP contribution >= 0.6 is 0 Å². The summed E-state index contributed by atoms with van der Waals surface area (Å²) in [7, 11) is 5.93. The molecule has 19 heavy (non-hydrogen) atoms. The Morgan fingerprint density at radius 2 is 2.21 bits per heavy atom. The molecule has 2 aliphatic rings. The normalized spacial score (nSPS) is 21.9. The van der Waals surface area contributed by atoms with E-state index in [0.29, 0.717) is 0 Å². The van der Waals surface area contributed by atoms with E-state index in [1.807, 2.05) is 0 Å². The van der Waals surface area contributed by atoms with Crippen LogP contribution in [-0.4, -0.2) is 57.1 Å². The van der Waals surface area contributed by atoms with Crippen LogP contribution in [0.1, 0.15) is 19.8 Å². The highest BCUT2D eigenvalue weighted by molar-refractivity contribution is 5.35. The minimum Gasteiger partial charge on any atom is -0.443 e. The quantitative estimate of drug-likeness (QED) is 0.785. The molecule has 0 spiro atoms. The minimum absolute atomic E-state index is 0.346. The SMILES string of the molecule is CCN(C)CCN(C)C1=C2OC(OC)NC2=CCC1. The Bertz CT molecular complexity index is 379. The number of ether oxygens (including phenoxy) is 2. The van der Waals surface area contributed by atoms with Crippen molar-refractivity contribution in [3.05, 3.63) is 23.2 Å². The molecule has 0 aromatic rings. The zero-order valence-electron chi connectivity index (χ0n) is 12.4. The van der Waals surface area contributed by atoms with Gasteiger partial charge >= 0.3 is 0 Å². The molecular formula is C14H25N3O2. The third-order valence-corrected chi connectivity index (χ3v) is 3.77. The predicted octanol–water partition coefficient (Wildman–Crippen LogP) is 1.31. The fourth-order valence-electron chi connectivity index (χ4n) is 2.32. The first-order valence-electron chi connectivity index (χ1n) is 6.95. The Balaban J connectivity index is 2.03. The smallest absolute Gasteiger partial charge is 0.281 e. The van der Waals surface area contributed by atoms with Gasteiger partial charge in [0, 0.05) is 27.2 Å². The monoisotopic (exact) mass is 267 g/mol. The Kier molecular flexibility index (Phi) is 4.71. The van der Waals surface area contributed by atoms with Crippen molar-refractivity contribution < 1.29 is 9.47 Å². The van der Waals surface area contributed by atoms with Gasteiger partial charge in [-0.1, -0.05) is 13.0 Å². The molecule has 1 aliphatic heterocycles. The van der Waals surface area contributed by atoms with E-state index in [-0.39, 0.29) is 6.41 Å². The largest absolute Gasteiger partial charge is 0.443 e. The summed E-state index contributed by atoms with van der Waals surface area (Å²) in [4.78, 5) is 4.61. The lowest BCUT2D eigenvalue weighted by Gasteiger charge is -2.27. The second kappa shape index (κ2) is 6.30. The number of hydrogen-bond donors (Lipinski definition) is 1. The van der Waals surface area contributed by atoms with E-state index < -0.39 is 0 Å². The molecule has 1 unspecified atom stereocenters. The van der Waals surface area contributed by atoms with Crippen LogP contribution in [0.25, 0.3) is 0 Å². The predicted molar refractivity (Wildman–Crippen MR) is 75.2 cm³/mol. The molecule has 0 radical (unpaired) electrons. The minimum atomic E-state index is -0.346. The fraction of sp³-hybridized carbons (Fsp3) is 0.714. The van der Waals surface area contributed by atoms with E-state index in [0.717, 1.165) is 43.9 Å². The van der Waals surface area contributed by atoms with Gasteiger partial charge in [-0.05, 0) is 26.4 Å². The lowest BCUT2D eigenvalue weighted by molar-refractivity contribution is -0.0835. The van der Waals surface area contributed by atoms with E-state index in [9.17, 15) is 0 Å². The second-order valence-electron chi connectivity index (χ2n) is 5.08. The molecule has 0 bridgehead atoms. The van der Waals surface area contributed by atoms with Crippen molar-refractivity contribution in [2.45, 2.75) is 26.2 Å². The zero-order valence-corrected chi connectivity index (χ0v) is 12.4. The van der Waals surface area contributed by atoms with E-state index in [1.165, 1.54) is 5.70 Å². The molecule has 108 valence electrons. The number of fused-ring (bicyclic) bond motifs is 1. The van der Waals surface area contributed by atoms with E-state index in [1.54, 1.807) is 7.11 Å². The first-order chi connectivity index (χ1) is 9.15. The van der Waals surface area contributed by atoms with Gasteiger partial charge in [-0.3, -0.25) is 0 Å². The van der Waals surface area contributed by atoms with Gasteiger partial charge in [-0.2, -0.15) is 0 Å².